The summed E-state index contributed by atoms with van der Waals surface area (Å²) in [4.78, 5) is 25.6. The maximum atomic E-state index is 14.9. The molecule has 8 nitrogen and oxygen atoms in total. The van der Waals surface area contributed by atoms with Crippen molar-refractivity contribution < 1.29 is 32.9 Å². The number of halogens is 1. The molecule has 2 aromatic rings. The molecule has 0 radical (unpaired) electrons. The van der Waals surface area contributed by atoms with Crippen molar-refractivity contribution in [1.82, 2.24) is 4.90 Å². The number of rotatable bonds is 9. The monoisotopic (exact) mass is 474 g/mol. The summed E-state index contributed by atoms with van der Waals surface area (Å²) in [5.41, 5.74) is 0.853. The predicted molar refractivity (Wildman–Crippen MR) is 125 cm³/mol. The highest BCUT2D eigenvalue weighted by molar-refractivity contribution is 5.96. The van der Waals surface area contributed by atoms with Crippen LogP contribution in [0, 0.1) is 11.7 Å². The Labute approximate surface area is 198 Å². The molecule has 2 aromatic carbocycles. The van der Waals surface area contributed by atoms with E-state index in [9.17, 15) is 14.0 Å². The molecule has 0 bridgehead atoms. The first-order valence-electron chi connectivity index (χ1n) is 11.1. The Balaban J connectivity index is 1.75. The molecule has 1 amide bonds. The van der Waals surface area contributed by atoms with Gasteiger partial charge in [0.25, 0.3) is 0 Å². The van der Waals surface area contributed by atoms with Crippen molar-refractivity contribution in [3.63, 3.8) is 0 Å². The molecule has 1 N–H and O–H groups in total. The van der Waals surface area contributed by atoms with Crippen LogP contribution in [0.3, 0.4) is 0 Å². The second-order valence-electron chi connectivity index (χ2n) is 8.11. The minimum Gasteiger partial charge on any atom is -0.497 e. The van der Waals surface area contributed by atoms with E-state index in [0.717, 1.165) is 18.4 Å². The van der Waals surface area contributed by atoms with Crippen LogP contribution in [0.1, 0.15) is 35.7 Å². The number of benzene rings is 2. The number of carbonyl (C=O) groups excluding carboxylic acids is 2. The lowest BCUT2D eigenvalue weighted by atomic mass is 9.98. The number of anilines is 1. The highest BCUT2D eigenvalue weighted by Gasteiger charge is 2.23. The van der Waals surface area contributed by atoms with Crippen molar-refractivity contribution in [2.45, 2.75) is 26.3 Å². The Morgan fingerprint density at radius 1 is 1.06 bits per heavy atom. The first-order valence-corrected chi connectivity index (χ1v) is 11.1. The highest BCUT2D eigenvalue weighted by Crippen LogP contribution is 2.30. The predicted octanol–water partition coefficient (Wildman–Crippen LogP) is 3.88. The summed E-state index contributed by atoms with van der Waals surface area (Å²) < 4.78 is 36.2. The van der Waals surface area contributed by atoms with Gasteiger partial charge in [-0.1, -0.05) is 0 Å². The van der Waals surface area contributed by atoms with Gasteiger partial charge >= 0.3 is 5.97 Å². The summed E-state index contributed by atoms with van der Waals surface area (Å²) in [6.45, 7) is 3.61. The van der Waals surface area contributed by atoms with E-state index in [1.807, 2.05) is 11.0 Å². The molecule has 0 unspecified atom stereocenters. The summed E-state index contributed by atoms with van der Waals surface area (Å²) in [6.07, 6.45) is 1.65. The number of nitrogens with zero attached hydrogens (tertiary/aromatic N) is 1. The summed E-state index contributed by atoms with van der Waals surface area (Å²) in [5, 5.41) is 3.11. The fourth-order valence-corrected chi connectivity index (χ4v) is 3.93. The highest BCUT2D eigenvalue weighted by atomic mass is 19.1. The molecule has 0 spiro atoms. The Hall–Kier alpha value is -3.49. The van der Waals surface area contributed by atoms with Crippen LogP contribution in [-0.4, -0.2) is 57.8 Å². The van der Waals surface area contributed by atoms with Crippen molar-refractivity contribution in [1.29, 1.82) is 0 Å². The summed E-state index contributed by atoms with van der Waals surface area (Å²) in [6, 6.07) is 8.15. The number of amides is 1. The Morgan fingerprint density at radius 2 is 1.79 bits per heavy atom. The lowest BCUT2D eigenvalue weighted by Gasteiger charge is -2.31. The van der Waals surface area contributed by atoms with Crippen LogP contribution in [-0.2, 0) is 16.1 Å². The third-order valence-corrected chi connectivity index (χ3v) is 5.96. The van der Waals surface area contributed by atoms with Gasteiger partial charge in [0.15, 0.2) is 0 Å². The molecular weight excluding hydrogens is 443 g/mol. The molecule has 1 saturated heterocycles. The van der Waals surface area contributed by atoms with Crippen LogP contribution in [0.4, 0.5) is 10.1 Å². The second-order valence-corrected chi connectivity index (χ2v) is 8.11. The Kier molecular flexibility index (Phi) is 8.56. The van der Waals surface area contributed by atoms with Crippen LogP contribution in [0.25, 0.3) is 0 Å². The van der Waals surface area contributed by atoms with Crippen molar-refractivity contribution in [3.05, 3.63) is 47.3 Å². The van der Waals surface area contributed by atoms with Gasteiger partial charge in [0, 0.05) is 50.3 Å². The molecule has 1 aliphatic rings. The van der Waals surface area contributed by atoms with E-state index in [4.69, 9.17) is 18.9 Å². The topological polar surface area (TPSA) is 86.3 Å². The number of ether oxygens (including phenoxy) is 4. The molecule has 9 heteroatoms. The van der Waals surface area contributed by atoms with Gasteiger partial charge in [-0.25, -0.2) is 9.18 Å². The number of likely N-dealkylation sites (tertiary alicyclic amines) is 1. The number of nitrogens with one attached hydrogen (secondary N) is 1. The van der Waals surface area contributed by atoms with Gasteiger partial charge in [0.1, 0.15) is 28.6 Å². The van der Waals surface area contributed by atoms with Gasteiger partial charge in [-0.2, -0.15) is 0 Å². The number of esters is 1. The molecule has 1 aliphatic heterocycles. The number of hydrogen-bond donors (Lipinski definition) is 1. The second kappa shape index (κ2) is 11.6. The zero-order valence-electron chi connectivity index (χ0n) is 20.0. The van der Waals surface area contributed by atoms with E-state index in [0.29, 0.717) is 36.9 Å². The molecule has 3 rings (SSSR count). The Bertz CT molecular complexity index is 1020. The fraction of sp³-hybridized carbons (Fsp3) is 0.440. The first-order chi connectivity index (χ1) is 16.4. The number of carbonyl (C=O) groups is 2. The molecule has 1 heterocycles. The third-order valence-electron chi connectivity index (χ3n) is 5.96. The van der Waals surface area contributed by atoms with Crippen molar-refractivity contribution in [2.24, 2.45) is 5.92 Å². The van der Waals surface area contributed by atoms with E-state index < -0.39 is 11.8 Å². The van der Waals surface area contributed by atoms with Gasteiger partial charge in [-0.05, 0) is 30.9 Å². The summed E-state index contributed by atoms with van der Waals surface area (Å²) in [5.74, 6) is 0.360. The maximum absolute atomic E-state index is 14.9. The van der Waals surface area contributed by atoms with Crippen molar-refractivity contribution in [3.8, 4) is 17.2 Å². The van der Waals surface area contributed by atoms with E-state index in [2.05, 4.69) is 5.32 Å². The molecule has 0 atom stereocenters. The average Bonchev–Trinajstić information content (AvgIpc) is 2.85. The first kappa shape index (κ1) is 25.1. The van der Waals surface area contributed by atoms with Crippen LogP contribution in [0.5, 0.6) is 17.2 Å². The minimum atomic E-state index is -0.787. The van der Waals surface area contributed by atoms with Gasteiger partial charge in [0.2, 0.25) is 5.91 Å². The van der Waals surface area contributed by atoms with Gasteiger partial charge < -0.3 is 29.2 Å². The van der Waals surface area contributed by atoms with E-state index in [1.165, 1.54) is 13.2 Å². The minimum absolute atomic E-state index is 0.0732. The van der Waals surface area contributed by atoms with E-state index >= 15 is 0 Å². The normalized spacial score (nSPS) is 13.9. The molecule has 1 fully saturated rings. The average molecular weight is 475 g/mol. The molecule has 0 saturated carbocycles. The Morgan fingerprint density at radius 3 is 2.41 bits per heavy atom. The van der Waals surface area contributed by atoms with Gasteiger partial charge in [-0.3, -0.25) is 4.79 Å². The smallest absolute Gasteiger partial charge is 0.342 e. The fourth-order valence-electron chi connectivity index (χ4n) is 3.93. The quantitative estimate of drug-likeness (QED) is 0.552. The summed E-state index contributed by atoms with van der Waals surface area (Å²) >= 11 is 0. The maximum Gasteiger partial charge on any atom is 0.342 e. The van der Waals surface area contributed by atoms with Crippen molar-refractivity contribution >= 4 is 17.6 Å². The number of methoxy groups -OCH3 is 3. The molecule has 0 aromatic heterocycles. The van der Waals surface area contributed by atoms with Crippen LogP contribution < -0.4 is 19.5 Å². The van der Waals surface area contributed by atoms with Crippen LogP contribution >= 0.6 is 0 Å². The third kappa shape index (κ3) is 6.09. The molecule has 34 heavy (non-hydrogen) atoms. The van der Waals surface area contributed by atoms with Crippen LogP contribution in [0.15, 0.2) is 30.3 Å². The zero-order valence-corrected chi connectivity index (χ0v) is 20.0. The van der Waals surface area contributed by atoms with Gasteiger partial charge in [-0.15, -0.1) is 0 Å². The van der Waals surface area contributed by atoms with Gasteiger partial charge in [0.05, 0.1) is 33.6 Å². The standard InChI is InChI=1S/C25H31FN2O6/c1-16(29)28-9-7-17(8-10-28)15-34-20-11-21(26)24(25(30)33-4)22(12-20)27-14-18-5-6-19(31-2)13-23(18)32-3/h5-6,11-13,17,27H,7-10,14-15H2,1-4H3. The number of piperidine rings is 1. The zero-order chi connectivity index (χ0) is 24.7. The molecule has 0 aliphatic carbocycles. The SMILES string of the molecule is COC(=O)c1c(F)cc(OCC2CCN(C(C)=O)CC2)cc1NCc1ccc(OC)cc1OC. The molecular formula is C25H31FN2O6. The van der Waals surface area contributed by atoms with Crippen LogP contribution in [0.2, 0.25) is 0 Å². The largest absolute Gasteiger partial charge is 0.497 e. The number of hydrogen-bond acceptors (Lipinski definition) is 7. The molecule has 184 valence electrons. The lowest BCUT2D eigenvalue weighted by Crippen LogP contribution is -2.38. The van der Waals surface area contributed by atoms with E-state index in [-0.39, 0.29) is 29.6 Å². The van der Waals surface area contributed by atoms with E-state index in [1.54, 1.807) is 39.3 Å². The lowest BCUT2D eigenvalue weighted by molar-refractivity contribution is -0.130. The van der Waals surface area contributed by atoms with Crippen molar-refractivity contribution in [2.75, 3.05) is 46.3 Å². The summed E-state index contributed by atoms with van der Waals surface area (Å²) in [7, 11) is 4.32.